The molecule has 1 N–H and O–H groups in total. The molecule has 5 heteroatoms. The Morgan fingerprint density at radius 1 is 1.29 bits per heavy atom. The highest BCUT2D eigenvalue weighted by atomic mass is 32.1. The van der Waals surface area contributed by atoms with Gasteiger partial charge in [0.1, 0.15) is 0 Å². The fourth-order valence-electron chi connectivity index (χ4n) is 2.87. The van der Waals surface area contributed by atoms with Gasteiger partial charge in [-0.05, 0) is 31.6 Å². The summed E-state index contributed by atoms with van der Waals surface area (Å²) in [5.41, 5.74) is 1.29. The lowest BCUT2D eigenvalue weighted by molar-refractivity contribution is 0.0819. The van der Waals surface area contributed by atoms with Crippen LogP contribution in [0.15, 0.2) is 0 Å². The monoisotopic (exact) mass is 309 g/mol. The number of thiazole rings is 1. The van der Waals surface area contributed by atoms with Gasteiger partial charge in [-0.15, -0.1) is 11.3 Å². The number of nitrogens with one attached hydrogen (secondary N) is 1. The van der Waals surface area contributed by atoms with E-state index in [2.05, 4.69) is 24.1 Å². The van der Waals surface area contributed by atoms with E-state index in [4.69, 9.17) is 9.72 Å². The minimum Gasteiger partial charge on any atom is -0.381 e. The van der Waals surface area contributed by atoms with Crippen molar-refractivity contribution in [3.8, 4) is 0 Å². The highest BCUT2D eigenvalue weighted by Crippen LogP contribution is 2.33. The van der Waals surface area contributed by atoms with Gasteiger partial charge in [0.25, 0.3) is 0 Å². The number of hydrogen-bond donors (Lipinski definition) is 1. The normalized spacial score (nSPS) is 20.5. The Labute approximate surface area is 131 Å². The maximum atomic E-state index is 5.46. The zero-order chi connectivity index (χ0) is 14.8. The molecule has 1 aliphatic heterocycles. The SMILES string of the molecule is COC1CCN(c2nc(C(C)C)c(CNC3CC3)s2)CC1. The van der Waals surface area contributed by atoms with Crippen LogP contribution in [0.4, 0.5) is 5.13 Å². The van der Waals surface area contributed by atoms with Crippen molar-refractivity contribution in [2.45, 2.75) is 64.1 Å². The van der Waals surface area contributed by atoms with Crippen LogP contribution in [0.25, 0.3) is 0 Å². The summed E-state index contributed by atoms with van der Waals surface area (Å²) in [5, 5.41) is 4.84. The zero-order valence-electron chi connectivity index (χ0n) is 13.4. The number of hydrogen-bond acceptors (Lipinski definition) is 5. The summed E-state index contributed by atoms with van der Waals surface area (Å²) in [6, 6.07) is 0.757. The summed E-state index contributed by atoms with van der Waals surface area (Å²) in [6.45, 7) is 7.62. The van der Waals surface area contributed by atoms with E-state index in [1.54, 1.807) is 0 Å². The number of rotatable bonds is 6. The van der Waals surface area contributed by atoms with E-state index in [1.165, 1.54) is 28.5 Å². The second kappa shape index (κ2) is 6.63. The molecule has 21 heavy (non-hydrogen) atoms. The van der Waals surface area contributed by atoms with Crippen molar-refractivity contribution in [1.82, 2.24) is 10.3 Å². The molecule has 0 amide bonds. The molecule has 2 fully saturated rings. The maximum absolute atomic E-state index is 5.46. The number of aromatic nitrogens is 1. The number of methoxy groups -OCH3 is 1. The molecule has 0 spiro atoms. The van der Waals surface area contributed by atoms with Crippen LogP contribution in [0, 0.1) is 0 Å². The van der Waals surface area contributed by atoms with Crippen molar-refractivity contribution in [1.29, 1.82) is 0 Å². The van der Waals surface area contributed by atoms with Gasteiger partial charge >= 0.3 is 0 Å². The first-order valence-corrected chi connectivity index (χ1v) is 8.99. The van der Waals surface area contributed by atoms with Crippen molar-refractivity contribution >= 4 is 16.5 Å². The van der Waals surface area contributed by atoms with Crippen LogP contribution in [-0.2, 0) is 11.3 Å². The molecule has 1 aromatic heterocycles. The lowest BCUT2D eigenvalue weighted by atomic mass is 10.1. The first-order valence-electron chi connectivity index (χ1n) is 8.18. The first-order chi connectivity index (χ1) is 10.2. The van der Waals surface area contributed by atoms with Crippen molar-refractivity contribution < 1.29 is 4.74 Å². The second-order valence-electron chi connectivity index (χ2n) is 6.54. The predicted octanol–water partition coefficient (Wildman–Crippen LogP) is 3.13. The Kier molecular flexibility index (Phi) is 4.82. The molecule has 2 heterocycles. The largest absolute Gasteiger partial charge is 0.381 e. The average Bonchev–Trinajstić information content (AvgIpc) is 3.23. The minimum absolute atomic E-state index is 0.432. The van der Waals surface area contributed by atoms with E-state index < -0.39 is 0 Å². The van der Waals surface area contributed by atoms with Gasteiger partial charge in [-0.2, -0.15) is 0 Å². The third-order valence-electron chi connectivity index (χ3n) is 4.44. The highest BCUT2D eigenvalue weighted by molar-refractivity contribution is 7.15. The summed E-state index contributed by atoms with van der Waals surface area (Å²) >= 11 is 1.88. The Bertz CT molecular complexity index is 462. The predicted molar refractivity (Wildman–Crippen MR) is 88.3 cm³/mol. The molecule has 0 aromatic carbocycles. The van der Waals surface area contributed by atoms with Crippen LogP contribution >= 0.6 is 11.3 Å². The average molecular weight is 309 g/mol. The molecule has 0 bridgehead atoms. The summed E-state index contributed by atoms with van der Waals surface area (Å²) in [5.74, 6) is 0.502. The number of anilines is 1. The molecule has 3 rings (SSSR count). The molecule has 118 valence electrons. The smallest absolute Gasteiger partial charge is 0.185 e. The standard InChI is InChI=1S/C16H27N3OS/c1-11(2)15-14(10-17-12-4-5-12)21-16(18-15)19-8-6-13(20-3)7-9-19/h11-13,17H,4-10H2,1-3H3. The molecule has 2 aliphatic rings. The lowest BCUT2D eigenvalue weighted by Crippen LogP contribution is -2.36. The van der Waals surface area contributed by atoms with Crippen LogP contribution < -0.4 is 10.2 Å². The van der Waals surface area contributed by atoms with Gasteiger partial charge in [-0.1, -0.05) is 13.8 Å². The zero-order valence-corrected chi connectivity index (χ0v) is 14.2. The van der Waals surface area contributed by atoms with E-state index >= 15 is 0 Å². The van der Waals surface area contributed by atoms with Crippen molar-refractivity contribution in [2.75, 3.05) is 25.1 Å². The lowest BCUT2D eigenvalue weighted by Gasteiger charge is -2.30. The minimum atomic E-state index is 0.432. The Balaban J connectivity index is 1.68. The van der Waals surface area contributed by atoms with Gasteiger partial charge < -0.3 is 15.0 Å². The Hall–Kier alpha value is -0.650. The van der Waals surface area contributed by atoms with Crippen LogP contribution in [0.5, 0.6) is 0 Å². The molecule has 0 radical (unpaired) electrons. The van der Waals surface area contributed by atoms with Crippen LogP contribution in [0.1, 0.15) is 56.0 Å². The second-order valence-corrected chi connectivity index (χ2v) is 7.60. The van der Waals surface area contributed by atoms with Crippen LogP contribution in [0.2, 0.25) is 0 Å². The quantitative estimate of drug-likeness (QED) is 0.876. The first kappa shape index (κ1) is 15.3. The molecule has 1 aliphatic carbocycles. The van der Waals surface area contributed by atoms with E-state index in [0.29, 0.717) is 12.0 Å². The van der Waals surface area contributed by atoms with Gasteiger partial charge in [0.2, 0.25) is 0 Å². The number of ether oxygens (including phenoxy) is 1. The molecular weight excluding hydrogens is 282 g/mol. The van der Waals surface area contributed by atoms with E-state index in [0.717, 1.165) is 38.5 Å². The van der Waals surface area contributed by atoms with Gasteiger partial charge in [0, 0.05) is 37.7 Å². The van der Waals surface area contributed by atoms with Crippen molar-refractivity contribution in [2.24, 2.45) is 0 Å². The Morgan fingerprint density at radius 2 is 2.00 bits per heavy atom. The van der Waals surface area contributed by atoms with Crippen LogP contribution in [0.3, 0.4) is 0 Å². The summed E-state index contributed by atoms with van der Waals surface area (Å²) < 4.78 is 5.46. The van der Waals surface area contributed by atoms with Gasteiger partial charge in [-0.25, -0.2) is 4.98 Å². The molecule has 0 unspecified atom stereocenters. The summed E-state index contributed by atoms with van der Waals surface area (Å²) in [4.78, 5) is 8.81. The fourth-order valence-corrected chi connectivity index (χ4v) is 4.09. The maximum Gasteiger partial charge on any atom is 0.185 e. The molecule has 0 atom stereocenters. The summed E-state index contributed by atoms with van der Waals surface area (Å²) in [7, 11) is 1.82. The van der Waals surface area contributed by atoms with E-state index in [1.807, 2.05) is 18.4 Å². The number of piperidine rings is 1. The van der Waals surface area contributed by atoms with Crippen molar-refractivity contribution in [3.63, 3.8) is 0 Å². The number of nitrogens with zero attached hydrogens (tertiary/aromatic N) is 2. The fraction of sp³-hybridized carbons (Fsp3) is 0.812. The van der Waals surface area contributed by atoms with E-state index in [-0.39, 0.29) is 0 Å². The van der Waals surface area contributed by atoms with Crippen LogP contribution in [-0.4, -0.2) is 37.3 Å². The summed E-state index contributed by atoms with van der Waals surface area (Å²) in [6.07, 6.45) is 5.34. The third kappa shape index (κ3) is 3.76. The van der Waals surface area contributed by atoms with E-state index in [9.17, 15) is 0 Å². The van der Waals surface area contributed by atoms with Gasteiger partial charge in [-0.3, -0.25) is 0 Å². The van der Waals surface area contributed by atoms with Gasteiger partial charge in [0.05, 0.1) is 11.8 Å². The Morgan fingerprint density at radius 3 is 2.57 bits per heavy atom. The topological polar surface area (TPSA) is 37.4 Å². The molecule has 1 saturated heterocycles. The van der Waals surface area contributed by atoms with Crippen molar-refractivity contribution in [3.05, 3.63) is 10.6 Å². The third-order valence-corrected chi connectivity index (χ3v) is 5.57. The molecule has 1 saturated carbocycles. The molecule has 4 nitrogen and oxygen atoms in total. The molecular formula is C16H27N3OS. The highest BCUT2D eigenvalue weighted by Gasteiger charge is 2.25. The molecule has 1 aromatic rings. The van der Waals surface area contributed by atoms with Gasteiger partial charge in [0.15, 0.2) is 5.13 Å².